The Kier molecular flexibility index (Phi) is 9.35. The fraction of sp³-hybridized carbons (Fsp3) is 0.318. The molecule has 27 heavy (non-hydrogen) atoms. The molecule has 0 aliphatic rings. The quantitative estimate of drug-likeness (QED) is 0.176. The SMILES string of the molecule is C=CCCOc1ccc(OC(=O)c2ccc(OCCCCCS)cc2)cc1. The lowest BCUT2D eigenvalue weighted by Crippen LogP contribution is -2.08. The molecule has 0 unspecified atom stereocenters. The first-order valence-corrected chi connectivity index (χ1v) is 9.76. The van der Waals surface area contributed by atoms with Gasteiger partial charge in [-0.15, -0.1) is 6.58 Å². The van der Waals surface area contributed by atoms with Crippen LogP contribution >= 0.6 is 12.6 Å². The van der Waals surface area contributed by atoms with Crippen LogP contribution in [-0.4, -0.2) is 24.9 Å². The van der Waals surface area contributed by atoms with E-state index < -0.39 is 5.97 Å². The summed E-state index contributed by atoms with van der Waals surface area (Å²) in [4.78, 5) is 12.2. The summed E-state index contributed by atoms with van der Waals surface area (Å²) in [6, 6.07) is 14.0. The van der Waals surface area contributed by atoms with Gasteiger partial charge in [0.1, 0.15) is 17.2 Å². The Labute approximate surface area is 166 Å². The summed E-state index contributed by atoms with van der Waals surface area (Å²) in [5.41, 5.74) is 0.476. The van der Waals surface area contributed by atoms with E-state index in [-0.39, 0.29) is 0 Å². The fourth-order valence-corrected chi connectivity index (χ4v) is 2.52. The molecule has 0 spiro atoms. The van der Waals surface area contributed by atoms with Crippen LogP contribution in [0, 0.1) is 0 Å². The summed E-state index contributed by atoms with van der Waals surface area (Å²) in [7, 11) is 0. The molecule has 0 aromatic heterocycles. The number of carbonyl (C=O) groups excluding carboxylic acids is 1. The number of rotatable bonds is 12. The third kappa shape index (κ3) is 7.79. The van der Waals surface area contributed by atoms with Crippen molar-refractivity contribution in [2.45, 2.75) is 25.7 Å². The Hall–Kier alpha value is -2.40. The molecular formula is C22H26O4S. The van der Waals surface area contributed by atoms with Crippen molar-refractivity contribution in [1.82, 2.24) is 0 Å². The minimum absolute atomic E-state index is 0.407. The molecule has 0 amide bonds. The molecule has 144 valence electrons. The van der Waals surface area contributed by atoms with Crippen LogP contribution in [0.3, 0.4) is 0 Å². The van der Waals surface area contributed by atoms with Crippen molar-refractivity contribution >= 4 is 18.6 Å². The summed E-state index contributed by atoms with van der Waals surface area (Å²) in [5, 5.41) is 0. The number of ether oxygens (including phenoxy) is 3. The molecule has 2 aromatic carbocycles. The van der Waals surface area contributed by atoms with Crippen molar-refractivity contribution in [2.75, 3.05) is 19.0 Å². The molecule has 4 nitrogen and oxygen atoms in total. The maximum absolute atomic E-state index is 12.2. The highest BCUT2D eigenvalue weighted by Crippen LogP contribution is 2.20. The Morgan fingerprint density at radius 1 is 0.852 bits per heavy atom. The van der Waals surface area contributed by atoms with Gasteiger partial charge < -0.3 is 14.2 Å². The van der Waals surface area contributed by atoms with Gasteiger partial charge in [0.2, 0.25) is 0 Å². The Bertz CT molecular complexity index is 695. The molecule has 2 aromatic rings. The predicted octanol–water partition coefficient (Wildman–Crippen LogP) is 5.34. The molecule has 0 fully saturated rings. The molecule has 0 radical (unpaired) electrons. The average molecular weight is 387 g/mol. The number of esters is 1. The van der Waals surface area contributed by atoms with Crippen LogP contribution in [0.1, 0.15) is 36.0 Å². The van der Waals surface area contributed by atoms with Gasteiger partial charge >= 0.3 is 5.97 Å². The molecular weight excluding hydrogens is 360 g/mol. The van der Waals surface area contributed by atoms with Crippen LogP contribution in [0.15, 0.2) is 61.2 Å². The van der Waals surface area contributed by atoms with Gasteiger partial charge in [-0.2, -0.15) is 12.6 Å². The van der Waals surface area contributed by atoms with Crippen molar-refractivity contribution in [2.24, 2.45) is 0 Å². The number of carbonyl (C=O) groups is 1. The number of hydrogen-bond donors (Lipinski definition) is 1. The monoisotopic (exact) mass is 386 g/mol. The van der Waals surface area contributed by atoms with E-state index in [1.54, 1.807) is 54.6 Å². The second kappa shape index (κ2) is 12.1. The molecule has 0 atom stereocenters. The van der Waals surface area contributed by atoms with Crippen molar-refractivity contribution in [3.05, 3.63) is 66.7 Å². The zero-order chi connectivity index (χ0) is 19.3. The largest absolute Gasteiger partial charge is 0.494 e. The number of unbranched alkanes of at least 4 members (excludes halogenated alkanes) is 2. The second-order valence-electron chi connectivity index (χ2n) is 5.94. The zero-order valence-electron chi connectivity index (χ0n) is 15.4. The van der Waals surface area contributed by atoms with Gasteiger partial charge in [0.05, 0.1) is 18.8 Å². The molecule has 0 saturated carbocycles. The molecule has 0 N–H and O–H groups in total. The zero-order valence-corrected chi connectivity index (χ0v) is 16.3. The molecule has 0 aliphatic carbocycles. The smallest absolute Gasteiger partial charge is 0.343 e. The van der Waals surface area contributed by atoms with Crippen LogP contribution in [0.5, 0.6) is 17.2 Å². The van der Waals surface area contributed by atoms with Crippen molar-refractivity contribution in [3.63, 3.8) is 0 Å². The van der Waals surface area contributed by atoms with Gasteiger partial charge in [-0.1, -0.05) is 6.08 Å². The minimum atomic E-state index is -0.407. The minimum Gasteiger partial charge on any atom is -0.494 e. The van der Waals surface area contributed by atoms with E-state index in [1.807, 2.05) is 0 Å². The van der Waals surface area contributed by atoms with E-state index >= 15 is 0 Å². The lowest BCUT2D eigenvalue weighted by Gasteiger charge is -2.08. The molecule has 0 aliphatic heterocycles. The van der Waals surface area contributed by atoms with Crippen molar-refractivity contribution in [3.8, 4) is 17.2 Å². The van der Waals surface area contributed by atoms with Gasteiger partial charge in [0.15, 0.2) is 0 Å². The van der Waals surface area contributed by atoms with Crippen LogP contribution in [-0.2, 0) is 0 Å². The van der Waals surface area contributed by atoms with Crippen LogP contribution in [0.4, 0.5) is 0 Å². The number of hydrogen-bond acceptors (Lipinski definition) is 5. The predicted molar refractivity (Wildman–Crippen MR) is 111 cm³/mol. The van der Waals surface area contributed by atoms with E-state index in [0.717, 1.165) is 42.9 Å². The van der Waals surface area contributed by atoms with Crippen LogP contribution in [0.25, 0.3) is 0 Å². The maximum Gasteiger partial charge on any atom is 0.343 e. The van der Waals surface area contributed by atoms with E-state index in [4.69, 9.17) is 14.2 Å². The summed E-state index contributed by atoms with van der Waals surface area (Å²) >= 11 is 4.19. The summed E-state index contributed by atoms with van der Waals surface area (Å²) in [6.45, 7) is 4.89. The highest BCUT2D eigenvalue weighted by Gasteiger charge is 2.09. The average Bonchev–Trinajstić information content (AvgIpc) is 2.70. The maximum atomic E-state index is 12.2. The van der Waals surface area contributed by atoms with Crippen LogP contribution < -0.4 is 14.2 Å². The Morgan fingerprint density at radius 3 is 2.07 bits per heavy atom. The normalized spacial score (nSPS) is 10.3. The standard InChI is InChI=1S/C22H26O4S/c1-2-3-15-24-20-11-13-21(14-12-20)26-22(23)18-7-9-19(10-8-18)25-16-5-4-6-17-27/h2,7-14,27H,1,3-6,15-17H2. The number of benzene rings is 2. The third-order valence-corrected chi connectivity index (χ3v) is 4.10. The van der Waals surface area contributed by atoms with Crippen molar-refractivity contribution in [1.29, 1.82) is 0 Å². The van der Waals surface area contributed by atoms with E-state index in [9.17, 15) is 4.79 Å². The lowest BCUT2D eigenvalue weighted by atomic mass is 10.2. The van der Waals surface area contributed by atoms with Gasteiger partial charge in [0.25, 0.3) is 0 Å². The van der Waals surface area contributed by atoms with Gasteiger partial charge in [-0.05, 0) is 80.0 Å². The highest BCUT2D eigenvalue weighted by atomic mass is 32.1. The summed E-state index contributed by atoms with van der Waals surface area (Å²) in [6.07, 6.45) is 5.78. The fourth-order valence-electron chi connectivity index (χ4n) is 2.30. The lowest BCUT2D eigenvalue weighted by molar-refractivity contribution is 0.0734. The topological polar surface area (TPSA) is 44.8 Å². The Morgan fingerprint density at radius 2 is 1.44 bits per heavy atom. The first-order chi connectivity index (χ1) is 13.2. The second-order valence-corrected chi connectivity index (χ2v) is 6.39. The van der Waals surface area contributed by atoms with E-state index in [1.165, 1.54) is 0 Å². The molecule has 2 rings (SSSR count). The van der Waals surface area contributed by atoms with Crippen LogP contribution in [0.2, 0.25) is 0 Å². The number of thiol groups is 1. The molecule has 0 bridgehead atoms. The Balaban J connectivity index is 1.80. The first-order valence-electron chi connectivity index (χ1n) is 9.12. The van der Waals surface area contributed by atoms with Gasteiger partial charge in [-0.3, -0.25) is 0 Å². The highest BCUT2D eigenvalue weighted by molar-refractivity contribution is 7.80. The van der Waals surface area contributed by atoms with Crippen molar-refractivity contribution < 1.29 is 19.0 Å². The van der Waals surface area contributed by atoms with E-state index in [2.05, 4.69) is 19.2 Å². The summed E-state index contributed by atoms with van der Waals surface area (Å²) < 4.78 is 16.6. The van der Waals surface area contributed by atoms with E-state index in [0.29, 0.717) is 24.5 Å². The molecule has 0 saturated heterocycles. The summed E-state index contributed by atoms with van der Waals surface area (Å²) in [5.74, 6) is 2.45. The van der Waals surface area contributed by atoms with Gasteiger partial charge in [0, 0.05) is 0 Å². The third-order valence-electron chi connectivity index (χ3n) is 3.79. The molecule has 5 heteroatoms. The first kappa shape index (κ1) is 20.9. The van der Waals surface area contributed by atoms with Gasteiger partial charge in [-0.25, -0.2) is 4.79 Å². The molecule has 0 heterocycles.